The largest absolute Gasteiger partial charge is 0.268 e. The van der Waals surface area contributed by atoms with Crippen LogP contribution in [0.3, 0.4) is 0 Å². The quantitative estimate of drug-likeness (QED) is 0.414. The molecule has 0 saturated carbocycles. The second kappa shape index (κ2) is 3.78. The molecule has 2 heteroatoms. The topological polar surface area (TPSA) is 4.10 Å². The highest BCUT2D eigenvalue weighted by Gasteiger charge is 2.18. The standard InChI is InChI=1S/C17H14NS/c1-11-9-12(2)18-15-8-7-13-5-3-4-6-14(13)17(15)19-16(18)10-11/h3-10H,1-2H3/q+1. The van der Waals surface area contributed by atoms with Crippen molar-refractivity contribution in [2.24, 2.45) is 0 Å². The summed E-state index contributed by atoms with van der Waals surface area (Å²) in [5.41, 5.74) is 3.95. The Balaban J connectivity index is 2.31. The van der Waals surface area contributed by atoms with E-state index in [0.717, 1.165) is 0 Å². The Morgan fingerprint density at radius 2 is 1.79 bits per heavy atom. The Hall–Kier alpha value is -1.93. The first-order valence-corrected chi connectivity index (χ1v) is 7.29. The van der Waals surface area contributed by atoms with Gasteiger partial charge in [-0.05, 0) is 23.9 Å². The second-order valence-electron chi connectivity index (χ2n) is 5.08. The van der Waals surface area contributed by atoms with E-state index >= 15 is 0 Å². The summed E-state index contributed by atoms with van der Waals surface area (Å²) in [6.07, 6.45) is 0. The molecular formula is C17H14NS+. The minimum atomic E-state index is 1.30. The molecule has 0 aliphatic heterocycles. The van der Waals surface area contributed by atoms with Gasteiger partial charge in [-0.15, -0.1) is 4.40 Å². The molecule has 2 aromatic carbocycles. The summed E-state index contributed by atoms with van der Waals surface area (Å²) in [4.78, 5) is 1.32. The van der Waals surface area contributed by atoms with Crippen molar-refractivity contribution in [3.8, 4) is 0 Å². The highest BCUT2D eigenvalue weighted by atomic mass is 32.1. The number of thiazole rings is 1. The monoisotopic (exact) mass is 264 g/mol. The van der Waals surface area contributed by atoms with Crippen LogP contribution in [0.25, 0.3) is 25.8 Å². The van der Waals surface area contributed by atoms with Crippen molar-refractivity contribution in [3.05, 3.63) is 59.8 Å². The third kappa shape index (κ3) is 1.50. The molecule has 1 nitrogen and oxygen atoms in total. The van der Waals surface area contributed by atoms with Crippen molar-refractivity contribution < 1.29 is 4.40 Å². The van der Waals surface area contributed by atoms with Gasteiger partial charge in [0, 0.05) is 30.5 Å². The predicted octanol–water partition coefficient (Wildman–Crippen LogP) is 4.41. The van der Waals surface area contributed by atoms with Gasteiger partial charge in [0.25, 0.3) is 4.83 Å². The summed E-state index contributed by atoms with van der Waals surface area (Å²) in [6, 6.07) is 17.6. The third-order valence-electron chi connectivity index (χ3n) is 3.67. The molecule has 0 atom stereocenters. The molecule has 0 bridgehead atoms. The van der Waals surface area contributed by atoms with E-state index < -0.39 is 0 Å². The average molecular weight is 264 g/mol. The van der Waals surface area contributed by atoms with Crippen molar-refractivity contribution in [1.82, 2.24) is 0 Å². The number of pyridine rings is 1. The first-order valence-electron chi connectivity index (χ1n) is 6.47. The maximum absolute atomic E-state index is 2.36. The van der Waals surface area contributed by atoms with Gasteiger partial charge in [0.05, 0.1) is 0 Å². The number of nitrogens with zero attached hydrogens (tertiary/aromatic N) is 1. The lowest BCUT2D eigenvalue weighted by Crippen LogP contribution is -2.23. The van der Waals surface area contributed by atoms with E-state index in [-0.39, 0.29) is 0 Å². The summed E-state index contributed by atoms with van der Waals surface area (Å²) in [6.45, 7) is 4.34. The van der Waals surface area contributed by atoms with Gasteiger partial charge in [-0.1, -0.05) is 35.6 Å². The highest BCUT2D eigenvalue weighted by Crippen LogP contribution is 2.30. The Kier molecular flexibility index (Phi) is 2.18. The maximum atomic E-state index is 2.36. The number of aryl methyl sites for hydroxylation is 2. The van der Waals surface area contributed by atoms with E-state index in [1.54, 1.807) is 0 Å². The molecule has 0 spiro atoms. The molecule has 4 rings (SSSR count). The molecule has 0 aliphatic carbocycles. The van der Waals surface area contributed by atoms with E-state index in [1.165, 1.54) is 37.1 Å². The average Bonchev–Trinajstić information content (AvgIpc) is 2.77. The van der Waals surface area contributed by atoms with E-state index in [1.807, 2.05) is 11.3 Å². The summed E-state index contributed by atoms with van der Waals surface area (Å²) < 4.78 is 3.74. The lowest BCUT2D eigenvalue weighted by Gasteiger charge is -1.96. The van der Waals surface area contributed by atoms with Crippen LogP contribution in [0.5, 0.6) is 0 Å². The zero-order valence-corrected chi connectivity index (χ0v) is 11.8. The van der Waals surface area contributed by atoms with Crippen LogP contribution in [0.15, 0.2) is 48.5 Å². The lowest BCUT2D eigenvalue weighted by molar-refractivity contribution is -0.486. The SMILES string of the molecule is Cc1cc(C)[n+]2c(c1)sc1c3ccccc3ccc12. The first kappa shape index (κ1) is 10.9. The van der Waals surface area contributed by atoms with Crippen LogP contribution in [0, 0.1) is 13.8 Å². The molecule has 0 radical (unpaired) electrons. The molecule has 0 N–H and O–H groups in total. The Labute approximate surface area is 115 Å². The molecule has 0 saturated heterocycles. The van der Waals surface area contributed by atoms with Crippen LogP contribution in [-0.4, -0.2) is 0 Å². The Bertz CT molecular complexity index is 934. The fourth-order valence-corrected chi connectivity index (χ4v) is 4.22. The second-order valence-corrected chi connectivity index (χ2v) is 6.12. The summed E-state index contributed by atoms with van der Waals surface area (Å²) in [5.74, 6) is 0. The van der Waals surface area contributed by atoms with Crippen LogP contribution >= 0.6 is 11.3 Å². The van der Waals surface area contributed by atoms with Gasteiger partial charge in [-0.25, -0.2) is 0 Å². The normalized spacial score (nSPS) is 11.7. The van der Waals surface area contributed by atoms with E-state index in [0.29, 0.717) is 0 Å². The van der Waals surface area contributed by atoms with Gasteiger partial charge in [-0.3, -0.25) is 0 Å². The van der Waals surface area contributed by atoms with Crippen LogP contribution in [0.4, 0.5) is 0 Å². The minimum absolute atomic E-state index is 1.30. The molecule has 2 aromatic heterocycles. The van der Waals surface area contributed by atoms with Crippen molar-refractivity contribution in [3.63, 3.8) is 0 Å². The van der Waals surface area contributed by atoms with Crippen molar-refractivity contribution in [2.45, 2.75) is 13.8 Å². The summed E-state index contributed by atoms with van der Waals surface area (Å²) in [7, 11) is 0. The van der Waals surface area contributed by atoms with Crippen molar-refractivity contribution >= 4 is 37.2 Å². The first-order chi connectivity index (χ1) is 9.24. The molecule has 2 heterocycles. The molecule has 0 aliphatic rings. The van der Waals surface area contributed by atoms with Gasteiger partial charge in [0.1, 0.15) is 4.70 Å². The van der Waals surface area contributed by atoms with Crippen LogP contribution < -0.4 is 4.40 Å². The third-order valence-corrected chi connectivity index (χ3v) is 4.81. The highest BCUT2D eigenvalue weighted by molar-refractivity contribution is 7.24. The van der Waals surface area contributed by atoms with Crippen LogP contribution in [0.1, 0.15) is 11.3 Å². The number of hydrogen-bond donors (Lipinski definition) is 0. The van der Waals surface area contributed by atoms with Gasteiger partial charge in [0.2, 0.25) is 5.52 Å². The number of hydrogen-bond acceptors (Lipinski definition) is 1. The molecule has 0 unspecified atom stereocenters. The van der Waals surface area contributed by atoms with E-state index in [2.05, 4.69) is 66.8 Å². The van der Waals surface area contributed by atoms with Gasteiger partial charge >= 0.3 is 0 Å². The smallest absolute Gasteiger partial charge is 0.148 e. The van der Waals surface area contributed by atoms with Gasteiger partial charge < -0.3 is 0 Å². The Morgan fingerprint density at radius 3 is 2.68 bits per heavy atom. The van der Waals surface area contributed by atoms with Gasteiger partial charge in [0.15, 0.2) is 5.69 Å². The molecule has 19 heavy (non-hydrogen) atoms. The zero-order valence-electron chi connectivity index (χ0n) is 11.0. The molecule has 4 aromatic rings. The van der Waals surface area contributed by atoms with Crippen LogP contribution in [0.2, 0.25) is 0 Å². The number of benzene rings is 2. The summed E-state index contributed by atoms with van der Waals surface area (Å²) >= 11 is 1.88. The molecule has 92 valence electrons. The molecular weight excluding hydrogens is 250 g/mol. The summed E-state index contributed by atoms with van der Waals surface area (Å²) in [5, 5.41) is 2.67. The van der Waals surface area contributed by atoms with Crippen molar-refractivity contribution in [2.75, 3.05) is 0 Å². The number of rotatable bonds is 0. The number of fused-ring (bicyclic) bond motifs is 5. The fourth-order valence-electron chi connectivity index (χ4n) is 2.87. The maximum Gasteiger partial charge on any atom is 0.268 e. The van der Waals surface area contributed by atoms with Crippen LogP contribution in [-0.2, 0) is 0 Å². The lowest BCUT2D eigenvalue weighted by atomic mass is 10.1. The van der Waals surface area contributed by atoms with Crippen molar-refractivity contribution in [1.29, 1.82) is 0 Å². The molecule has 0 fully saturated rings. The van der Waals surface area contributed by atoms with Gasteiger partial charge in [-0.2, -0.15) is 0 Å². The minimum Gasteiger partial charge on any atom is -0.148 e. The fraction of sp³-hybridized carbons (Fsp3) is 0.118. The Morgan fingerprint density at radius 1 is 0.947 bits per heavy atom. The molecule has 0 amide bonds. The zero-order chi connectivity index (χ0) is 13.0. The predicted molar refractivity (Wildman–Crippen MR) is 82.0 cm³/mol. The number of aromatic nitrogens is 1. The van der Waals surface area contributed by atoms with E-state index in [4.69, 9.17) is 0 Å². The van der Waals surface area contributed by atoms with E-state index in [9.17, 15) is 0 Å².